The molecule has 1 heterocycles. The van der Waals surface area contributed by atoms with E-state index >= 15 is 0 Å². The summed E-state index contributed by atoms with van der Waals surface area (Å²) in [5.74, 6) is 0.610. The Hall–Kier alpha value is -2.78. The average molecular weight is 559 g/mol. The van der Waals surface area contributed by atoms with E-state index in [9.17, 15) is 14.4 Å². The van der Waals surface area contributed by atoms with Gasteiger partial charge in [-0.05, 0) is 82.4 Å². The van der Waals surface area contributed by atoms with Gasteiger partial charge in [-0.15, -0.1) is 0 Å². The Labute approximate surface area is 217 Å². The van der Waals surface area contributed by atoms with E-state index in [0.717, 1.165) is 37.4 Å². The number of halogens is 1. The Morgan fingerprint density at radius 2 is 1.91 bits per heavy atom. The third kappa shape index (κ3) is 6.46. The maximum Gasteiger partial charge on any atom is 0.293 e. The topological polar surface area (TPSA) is 84.9 Å². The number of nitrogens with zero attached hydrogens (tertiary/aromatic N) is 1. The molecule has 0 bridgehead atoms. The Morgan fingerprint density at radius 1 is 1.17 bits per heavy atom. The highest BCUT2D eigenvalue weighted by Crippen LogP contribution is 2.39. The Morgan fingerprint density at radius 3 is 2.63 bits per heavy atom. The van der Waals surface area contributed by atoms with Gasteiger partial charge >= 0.3 is 0 Å². The second-order valence-electron chi connectivity index (χ2n) is 8.53. The van der Waals surface area contributed by atoms with Crippen LogP contribution in [0.25, 0.3) is 6.08 Å². The number of para-hydroxylation sites is 1. The van der Waals surface area contributed by atoms with Crippen molar-refractivity contribution in [1.29, 1.82) is 0 Å². The summed E-state index contributed by atoms with van der Waals surface area (Å²) in [4.78, 5) is 39.5. The van der Waals surface area contributed by atoms with Crippen molar-refractivity contribution in [3.05, 3.63) is 57.4 Å². The molecule has 0 atom stereocenters. The molecule has 1 N–H and O–H groups in total. The molecule has 2 aliphatic rings. The highest BCUT2D eigenvalue weighted by Gasteiger charge is 2.36. The van der Waals surface area contributed by atoms with Crippen molar-refractivity contribution >= 4 is 56.5 Å². The van der Waals surface area contributed by atoms with E-state index in [1.807, 2.05) is 18.2 Å². The molecule has 2 fully saturated rings. The lowest BCUT2D eigenvalue weighted by atomic mass is 9.89. The van der Waals surface area contributed by atoms with Gasteiger partial charge in [0.15, 0.2) is 18.1 Å². The predicted molar refractivity (Wildman–Crippen MR) is 141 cm³/mol. The first-order valence-corrected chi connectivity index (χ1v) is 13.2. The van der Waals surface area contributed by atoms with Crippen LogP contribution in [0.3, 0.4) is 0 Å². The maximum absolute atomic E-state index is 12.9. The number of methoxy groups -OCH3 is 1. The molecule has 0 unspecified atom stereocenters. The van der Waals surface area contributed by atoms with Crippen molar-refractivity contribution in [2.24, 2.45) is 5.92 Å². The number of nitrogens with one attached hydrogen (secondary N) is 1. The number of benzene rings is 2. The number of hydrogen-bond acceptors (Lipinski definition) is 6. The fourth-order valence-corrected chi connectivity index (χ4v) is 5.68. The number of thioether (sulfide) groups is 1. The van der Waals surface area contributed by atoms with Crippen LogP contribution >= 0.6 is 27.7 Å². The molecule has 35 heavy (non-hydrogen) atoms. The normalized spacial score (nSPS) is 17.7. The summed E-state index contributed by atoms with van der Waals surface area (Å²) in [6.45, 7) is 0.288. The number of ether oxygens (including phenoxy) is 2. The van der Waals surface area contributed by atoms with Crippen molar-refractivity contribution in [2.75, 3.05) is 25.6 Å². The standard InChI is InChI=1S/C26H27BrN2O5S/c1-33-21-13-18(12-20(27)24(21)34-16-23(30)28-19-10-6-3-7-11-19)14-22-25(31)29(26(32)35-22)15-17-8-4-2-5-9-17/h3,6-7,10-14,17H,2,4-5,8-9,15-16H2,1H3,(H,28,30)/b22-14+. The fraction of sp³-hybridized carbons (Fsp3) is 0.346. The Balaban J connectivity index is 1.44. The monoisotopic (exact) mass is 558 g/mol. The Bertz CT molecular complexity index is 1130. The molecule has 4 rings (SSSR count). The minimum atomic E-state index is -0.305. The van der Waals surface area contributed by atoms with Gasteiger partial charge in [0.25, 0.3) is 17.1 Å². The largest absolute Gasteiger partial charge is 0.493 e. The average Bonchev–Trinajstić information content (AvgIpc) is 3.11. The molecule has 3 amide bonds. The smallest absolute Gasteiger partial charge is 0.293 e. The minimum absolute atomic E-state index is 0.205. The number of amides is 3. The second kappa shape index (κ2) is 11.8. The molecular formula is C26H27BrN2O5S. The first-order chi connectivity index (χ1) is 16.9. The van der Waals surface area contributed by atoms with E-state index in [0.29, 0.717) is 44.6 Å². The van der Waals surface area contributed by atoms with E-state index in [-0.39, 0.29) is 23.7 Å². The summed E-state index contributed by atoms with van der Waals surface area (Å²) in [5.41, 5.74) is 1.36. The molecule has 0 aromatic heterocycles. The number of imide groups is 1. The second-order valence-corrected chi connectivity index (χ2v) is 10.4. The van der Waals surface area contributed by atoms with Crippen LogP contribution in [0.1, 0.15) is 37.7 Å². The van der Waals surface area contributed by atoms with Gasteiger partial charge in [-0.3, -0.25) is 19.3 Å². The minimum Gasteiger partial charge on any atom is -0.493 e. The van der Waals surface area contributed by atoms with Gasteiger partial charge in [-0.2, -0.15) is 0 Å². The van der Waals surface area contributed by atoms with Gasteiger partial charge in [0.1, 0.15) is 0 Å². The highest BCUT2D eigenvalue weighted by molar-refractivity contribution is 9.10. The zero-order valence-corrected chi connectivity index (χ0v) is 21.8. The summed E-state index contributed by atoms with van der Waals surface area (Å²) < 4.78 is 11.8. The summed E-state index contributed by atoms with van der Waals surface area (Å²) in [6.07, 6.45) is 7.36. The van der Waals surface area contributed by atoms with Crippen molar-refractivity contribution in [3.63, 3.8) is 0 Å². The highest BCUT2D eigenvalue weighted by atomic mass is 79.9. The number of anilines is 1. The van der Waals surface area contributed by atoms with E-state index in [4.69, 9.17) is 9.47 Å². The van der Waals surface area contributed by atoms with E-state index in [2.05, 4.69) is 21.2 Å². The molecule has 0 spiro atoms. The van der Waals surface area contributed by atoms with Crippen LogP contribution in [0, 0.1) is 5.92 Å². The zero-order valence-electron chi connectivity index (χ0n) is 19.4. The summed E-state index contributed by atoms with van der Waals surface area (Å²) in [6, 6.07) is 12.6. The van der Waals surface area contributed by atoms with Crippen molar-refractivity contribution < 1.29 is 23.9 Å². The number of carbonyl (C=O) groups excluding carboxylic acids is 3. The van der Waals surface area contributed by atoms with Crippen molar-refractivity contribution in [2.45, 2.75) is 32.1 Å². The van der Waals surface area contributed by atoms with Crippen molar-refractivity contribution in [1.82, 2.24) is 4.90 Å². The lowest BCUT2D eigenvalue weighted by Gasteiger charge is -2.25. The van der Waals surface area contributed by atoms with E-state index in [1.54, 1.807) is 30.3 Å². The summed E-state index contributed by atoms with van der Waals surface area (Å²) >= 11 is 4.44. The molecule has 1 aliphatic carbocycles. The van der Waals surface area contributed by atoms with Gasteiger partial charge < -0.3 is 14.8 Å². The molecule has 0 radical (unpaired) electrons. The van der Waals surface area contributed by atoms with Crippen LogP contribution in [0.2, 0.25) is 0 Å². The van der Waals surface area contributed by atoms with Crippen LogP contribution in [0.15, 0.2) is 51.8 Å². The van der Waals surface area contributed by atoms with Crippen LogP contribution in [-0.4, -0.2) is 42.2 Å². The quantitative estimate of drug-likeness (QED) is 0.394. The number of rotatable bonds is 8. The molecule has 7 nitrogen and oxygen atoms in total. The number of hydrogen-bond donors (Lipinski definition) is 1. The Kier molecular flexibility index (Phi) is 8.51. The summed E-state index contributed by atoms with van der Waals surface area (Å²) in [7, 11) is 1.50. The molecule has 184 valence electrons. The van der Waals surface area contributed by atoms with Crippen LogP contribution in [-0.2, 0) is 9.59 Å². The van der Waals surface area contributed by atoms with Gasteiger partial charge in [-0.25, -0.2) is 0 Å². The van der Waals surface area contributed by atoms with Crippen LogP contribution in [0.4, 0.5) is 10.5 Å². The maximum atomic E-state index is 12.9. The number of carbonyl (C=O) groups is 3. The summed E-state index contributed by atoms with van der Waals surface area (Å²) in [5, 5.41) is 2.54. The van der Waals surface area contributed by atoms with Crippen LogP contribution in [0.5, 0.6) is 11.5 Å². The van der Waals surface area contributed by atoms with Gasteiger partial charge in [0, 0.05) is 12.2 Å². The lowest BCUT2D eigenvalue weighted by Crippen LogP contribution is -2.34. The fourth-order valence-electron chi connectivity index (χ4n) is 4.26. The lowest BCUT2D eigenvalue weighted by molar-refractivity contribution is -0.123. The van der Waals surface area contributed by atoms with Gasteiger partial charge in [-0.1, -0.05) is 37.5 Å². The van der Waals surface area contributed by atoms with Crippen molar-refractivity contribution in [3.8, 4) is 11.5 Å². The molecule has 2 aromatic carbocycles. The van der Waals surface area contributed by atoms with Gasteiger partial charge in [0.2, 0.25) is 0 Å². The molecule has 1 saturated heterocycles. The molecule has 9 heteroatoms. The SMILES string of the molecule is COc1cc(/C=C2/SC(=O)N(CC3CCCCC3)C2=O)cc(Br)c1OCC(=O)Nc1ccccc1. The molecule has 1 aliphatic heterocycles. The van der Waals surface area contributed by atoms with Crippen LogP contribution < -0.4 is 14.8 Å². The predicted octanol–water partition coefficient (Wildman–Crippen LogP) is 6.09. The first-order valence-electron chi connectivity index (χ1n) is 11.5. The van der Waals surface area contributed by atoms with E-state index in [1.165, 1.54) is 18.4 Å². The molecular weight excluding hydrogens is 532 g/mol. The van der Waals surface area contributed by atoms with Gasteiger partial charge in [0.05, 0.1) is 16.5 Å². The third-order valence-corrected chi connectivity index (χ3v) is 7.49. The first kappa shape index (κ1) is 25.3. The molecule has 1 saturated carbocycles. The van der Waals surface area contributed by atoms with E-state index < -0.39 is 0 Å². The third-order valence-electron chi connectivity index (χ3n) is 5.99. The molecule has 2 aromatic rings. The zero-order chi connectivity index (χ0) is 24.8.